The van der Waals surface area contributed by atoms with Crippen molar-refractivity contribution >= 4 is 62.0 Å². The molecule has 1 aromatic rings. The molecule has 0 bridgehead atoms. The normalized spacial score (nSPS) is 10.5. The molecule has 0 aliphatic rings. The molecule has 0 aliphatic carbocycles. The van der Waals surface area contributed by atoms with Crippen molar-refractivity contribution in [3.63, 3.8) is 0 Å². The van der Waals surface area contributed by atoms with Crippen LogP contribution in [0, 0.1) is 0 Å². The lowest BCUT2D eigenvalue weighted by molar-refractivity contribution is 0.601. The maximum atomic E-state index is 12.0. The summed E-state index contributed by atoms with van der Waals surface area (Å²) in [6.45, 7) is 0. The van der Waals surface area contributed by atoms with E-state index in [2.05, 4.69) is 17.2 Å². The molecule has 0 saturated carbocycles. The molecule has 17 heavy (non-hydrogen) atoms. The van der Waals surface area contributed by atoms with Crippen molar-refractivity contribution in [3.8, 4) is 0 Å². The van der Waals surface area contributed by atoms with Gasteiger partial charge >= 0.3 is 0 Å². The van der Waals surface area contributed by atoms with Gasteiger partial charge in [-0.15, -0.1) is 0 Å². The van der Waals surface area contributed by atoms with Gasteiger partial charge in [-0.3, -0.25) is 0 Å². The highest BCUT2D eigenvalue weighted by Crippen LogP contribution is 2.27. The maximum Gasteiger partial charge on any atom is 0.227 e. The summed E-state index contributed by atoms with van der Waals surface area (Å²) < 4.78 is 23.5. The fourth-order valence-corrected chi connectivity index (χ4v) is 3.03. The van der Waals surface area contributed by atoms with Crippen LogP contribution in [0.4, 0.5) is 0 Å². The largest absolute Gasteiger partial charge is 0.227 e. The Morgan fingerprint density at radius 2 is 1.76 bits per heavy atom. The summed E-state index contributed by atoms with van der Waals surface area (Å²) in [5, 5.41) is 1.78. The number of thiocarbonyl (C=S) groups is 1. The molecule has 0 amide bonds. The minimum atomic E-state index is -3.92. The van der Waals surface area contributed by atoms with Gasteiger partial charge in [0.15, 0.2) is 0 Å². The second-order valence-electron chi connectivity index (χ2n) is 2.73. The standard InChI is InChI=1S/C9H4Cl3NO2S2/c10-6-1-3-7(4-2-6)17(14,15)9(8(11)12)13-5-16/h1-4H. The SMILES string of the molecule is O=S(=O)(C(N=C=S)=C(Cl)Cl)c1ccc(Cl)cc1. The van der Waals surface area contributed by atoms with Crippen molar-refractivity contribution in [1.29, 1.82) is 0 Å². The molecule has 3 nitrogen and oxygen atoms in total. The summed E-state index contributed by atoms with van der Waals surface area (Å²) in [4.78, 5) is 3.32. The Hall–Kier alpha value is -0.420. The van der Waals surface area contributed by atoms with E-state index in [1.54, 1.807) is 0 Å². The van der Waals surface area contributed by atoms with Crippen molar-refractivity contribution < 1.29 is 8.42 Å². The zero-order valence-electron chi connectivity index (χ0n) is 8.02. The fraction of sp³-hybridized carbons (Fsp3) is 0. The molecule has 0 aliphatic heterocycles. The van der Waals surface area contributed by atoms with Crippen molar-refractivity contribution in [1.82, 2.24) is 0 Å². The molecule has 0 fully saturated rings. The first-order valence-corrected chi connectivity index (χ1v) is 7.06. The van der Waals surface area contributed by atoms with Crippen LogP contribution in [0.2, 0.25) is 5.02 Å². The van der Waals surface area contributed by atoms with Gasteiger partial charge in [-0.05, 0) is 36.5 Å². The summed E-state index contributed by atoms with van der Waals surface area (Å²) in [7, 11) is -3.92. The van der Waals surface area contributed by atoms with E-state index in [-0.39, 0.29) is 4.90 Å². The number of halogens is 3. The first-order valence-electron chi connectivity index (χ1n) is 4.03. The fourth-order valence-electron chi connectivity index (χ4n) is 0.971. The second-order valence-corrected chi connectivity index (χ2v) is 6.16. The molecular weight excluding hydrogens is 325 g/mol. The predicted molar refractivity (Wildman–Crippen MR) is 72.4 cm³/mol. The van der Waals surface area contributed by atoms with E-state index in [0.717, 1.165) is 0 Å². The van der Waals surface area contributed by atoms with Crippen molar-refractivity contribution in [3.05, 3.63) is 38.8 Å². The molecule has 0 aromatic heterocycles. The number of hydrogen-bond acceptors (Lipinski definition) is 4. The average molecular weight is 329 g/mol. The molecule has 1 rings (SSSR count). The van der Waals surface area contributed by atoms with Crippen LogP contribution in [0.5, 0.6) is 0 Å². The molecule has 0 unspecified atom stereocenters. The minimum absolute atomic E-state index is 0.0373. The van der Waals surface area contributed by atoms with E-state index < -0.39 is 19.4 Å². The van der Waals surface area contributed by atoms with Crippen LogP contribution in [-0.4, -0.2) is 13.6 Å². The van der Waals surface area contributed by atoms with Crippen molar-refractivity contribution in [2.45, 2.75) is 4.90 Å². The summed E-state index contributed by atoms with van der Waals surface area (Å²) in [5.74, 6) is 0. The molecule has 1 aromatic carbocycles. The summed E-state index contributed by atoms with van der Waals surface area (Å²) in [6, 6.07) is 5.48. The van der Waals surface area contributed by atoms with Gasteiger partial charge in [0.25, 0.3) is 0 Å². The van der Waals surface area contributed by atoms with Crippen molar-refractivity contribution in [2.24, 2.45) is 4.99 Å². The number of hydrogen-bond donors (Lipinski definition) is 0. The zero-order chi connectivity index (χ0) is 13.1. The van der Waals surface area contributed by atoms with E-state index in [1.807, 2.05) is 5.16 Å². The van der Waals surface area contributed by atoms with Gasteiger partial charge in [0.05, 0.1) is 10.1 Å². The van der Waals surface area contributed by atoms with Crippen LogP contribution in [-0.2, 0) is 9.84 Å². The van der Waals surface area contributed by atoms with E-state index in [4.69, 9.17) is 34.8 Å². The molecule has 0 N–H and O–H groups in total. The van der Waals surface area contributed by atoms with E-state index >= 15 is 0 Å². The van der Waals surface area contributed by atoms with Gasteiger partial charge in [0, 0.05) is 5.02 Å². The number of isothiocyanates is 1. The summed E-state index contributed by atoms with van der Waals surface area (Å²) in [5.41, 5.74) is 0. The van der Waals surface area contributed by atoms with Crippen LogP contribution >= 0.6 is 47.0 Å². The van der Waals surface area contributed by atoms with Gasteiger partial charge in [0.2, 0.25) is 14.9 Å². The highest BCUT2D eigenvalue weighted by atomic mass is 35.5. The third-order valence-corrected chi connectivity index (χ3v) is 4.31. The lowest BCUT2D eigenvalue weighted by Gasteiger charge is -2.03. The number of benzene rings is 1. The Bertz CT molecular complexity index is 598. The predicted octanol–water partition coefficient (Wildman–Crippen LogP) is 3.82. The van der Waals surface area contributed by atoms with Gasteiger partial charge in [0.1, 0.15) is 4.49 Å². The topological polar surface area (TPSA) is 46.5 Å². The van der Waals surface area contributed by atoms with Crippen LogP contribution in [0.15, 0.2) is 43.7 Å². The van der Waals surface area contributed by atoms with E-state index in [0.29, 0.717) is 5.02 Å². The van der Waals surface area contributed by atoms with Gasteiger partial charge in [-0.1, -0.05) is 34.8 Å². The summed E-state index contributed by atoms with van der Waals surface area (Å²) in [6.07, 6.45) is 0. The van der Waals surface area contributed by atoms with Gasteiger partial charge in [-0.2, -0.15) is 4.99 Å². The van der Waals surface area contributed by atoms with Crippen LogP contribution in [0.1, 0.15) is 0 Å². The first kappa shape index (κ1) is 14.6. The minimum Gasteiger partial charge on any atom is -0.217 e. The molecule has 0 atom stereocenters. The van der Waals surface area contributed by atoms with Crippen LogP contribution in [0.25, 0.3) is 0 Å². The van der Waals surface area contributed by atoms with Crippen molar-refractivity contribution in [2.75, 3.05) is 0 Å². The first-order chi connectivity index (χ1) is 7.89. The summed E-state index contributed by atoms with van der Waals surface area (Å²) >= 11 is 20.9. The highest BCUT2D eigenvalue weighted by Gasteiger charge is 2.23. The smallest absolute Gasteiger partial charge is 0.217 e. The monoisotopic (exact) mass is 327 g/mol. The number of nitrogens with zero attached hydrogens (tertiary/aromatic N) is 1. The quantitative estimate of drug-likeness (QED) is 0.626. The number of rotatable bonds is 3. The molecule has 0 spiro atoms. The Morgan fingerprint density at radius 1 is 1.24 bits per heavy atom. The van der Waals surface area contributed by atoms with E-state index in [1.165, 1.54) is 24.3 Å². The maximum absolute atomic E-state index is 12.0. The lowest BCUT2D eigenvalue weighted by atomic mass is 10.4. The average Bonchev–Trinajstić information content (AvgIpc) is 2.25. The molecule has 0 saturated heterocycles. The zero-order valence-corrected chi connectivity index (χ0v) is 11.9. The Morgan fingerprint density at radius 3 is 2.18 bits per heavy atom. The molecule has 8 heteroatoms. The Balaban J connectivity index is 3.42. The van der Waals surface area contributed by atoms with E-state index in [9.17, 15) is 8.42 Å². The van der Waals surface area contributed by atoms with Crippen LogP contribution < -0.4 is 0 Å². The second kappa shape index (κ2) is 5.96. The third kappa shape index (κ3) is 3.52. The molecule has 0 heterocycles. The van der Waals surface area contributed by atoms with Crippen LogP contribution in [0.3, 0.4) is 0 Å². The molecular formula is C9H4Cl3NO2S2. The Kier molecular flexibility index (Phi) is 5.13. The van der Waals surface area contributed by atoms with Gasteiger partial charge in [-0.25, -0.2) is 8.42 Å². The number of aliphatic imine (C=N–C) groups is 1. The number of sulfone groups is 1. The van der Waals surface area contributed by atoms with Gasteiger partial charge < -0.3 is 0 Å². The third-order valence-electron chi connectivity index (χ3n) is 1.69. The highest BCUT2D eigenvalue weighted by molar-refractivity contribution is 7.95. The lowest BCUT2D eigenvalue weighted by Crippen LogP contribution is -2.03. The molecule has 0 radical (unpaired) electrons. The molecule has 90 valence electrons. The Labute approximate surface area is 119 Å².